The number of hydrogen-bond donors (Lipinski definition) is 0. The molecule has 5 atom stereocenters. The second kappa shape index (κ2) is 26.6. The summed E-state index contributed by atoms with van der Waals surface area (Å²) in [5.41, 5.74) is 0. The van der Waals surface area contributed by atoms with E-state index in [0.29, 0.717) is 37.0 Å². The Bertz CT molecular complexity index is 986. The van der Waals surface area contributed by atoms with Gasteiger partial charge in [-0.3, -0.25) is 14.4 Å². The number of carbonyl (C=O) groups excluding carboxylic acids is 3. The maximum atomic E-state index is 13.1. The van der Waals surface area contributed by atoms with Crippen LogP contribution in [0.2, 0.25) is 0 Å². The Morgan fingerprint density at radius 3 is 1.98 bits per heavy atom. The van der Waals surface area contributed by atoms with E-state index in [2.05, 4.69) is 43.1 Å². The van der Waals surface area contributed by atoms with E-state index in [9.17, 15) is 14.4 Å². The second-order valence-electron chi connectivity index (χ2n) is 15.6. The molecule has 2 bridgehead atoms. The average Bonchev–Trinajstić information content (AvgIpc) is 3.64. The zero-order valence-corrected chi connectivity index (χ0v) is 32.1. The summed E-state index contributed by atoms with van der Waals surface area (Å²) in [7, 11) is 0. The highest BCUT2D eigenvalue weighted by Crippen LogP contribution is 2.48. The highest BCUT2D eigenvalue weighted by molar-refractivity contribution is 5.70. The highest BCUT2D eigenvalue weighted by atomic mass is 16.6. The van der Waals surface area contributed by atoms with E-state index in [1.165, 1.54) is 83.5 Å². The molecule has 1 saturated heterocycles. The Morgan fingerprint density at radius 1 is 0.680 bits per heavy atom. The van der Waals surface area contributed by atoms with E-state index in [1.807, 2.05) is 0 Å². The SMILES string of the molecule is CCCCC/C=C\C/C=C\CCCCCCCC(=O)OCC(COC(=O)CCCN1CCCC1)COC(=O)CC1C(CC)CC2CCCC1C2. The van der Waals surface area contributed by atoms with Crippen LogP contribution in [0.1, 0.15) is 162 Å². The Morgan fingerprint density at radius 2 is 1.30 bits per heavy atom. The van der Waals surface area contributed by atoms with Gasteiger partial charge < -0.3 is 19.1 Å². The summed E-state index contributed by atoms with van der Waals surface area (Å²) in [6.45, 7) is 7.94. The van der Waals surface area contributed by atoms with Crippen LogP contribution in [0.15, 0.2) is 24.3 Å². The van der Waals surface area contributed by atoms with Crippen LogP contribution in [0, 0.1) is 29.6 Å². The van der Waals surface area contributed by atoms with Crippen molar-refractivity contribution in [3.05, 3.63) is 24.3 Å². The molecule has 0 N–H and O–H groups in total. The van der Waals surface area contributed by atoms with E-state index in [1.54, 1.807) is 0 Å². The summed E-state index contributed by atoms with van der Waals surface area (Å²) in [5.74, 6) is 1.46. The molecule has 3 aliphatic rings. The van der Waals surface area contributed by atoms with Crippen molar-refractivity contribution in [1.82, 2.24) is 4.90 Å². The number of fused-ring (bicyclic) bond motifs is 2. The van der Waals surface area contributed by atoms with E-state index in [-0.39, 0.29) is 43.6 Å². The van der Waals surface area contributed by atoms with Crippen molar-refractivity contribution in [3.8, 4) is 0 Å². The lowest BCUT2D eigenvalue weighted by Gasteiger charge is -2.45. The molecule has 7 nitrogen and oxygen atoms in total. The van der Waals surface area contributed by atoms with Crippen LogP contribution in [0.25, 0.3) is 0 Å². The lowest BCUT2D eigenvalue weighted by Crippen LogP contribution is -2.37. The highest BCUT2D eigenvalue weighted by Gasteiger charge is 2.40. The lowest BCUT2D eigenvalue weighted by molar-refractivity contribution is -0.154. The van der Waals surface area contributed by atoms with Gasteiger partial charge in [-0.2, -0.15) is 0 Å². The van der Waals surface area contributed by atoms with Gasteiger partial charge in [-0.25, -0.2) is 0 Å². The van der Waals surface area contributed by atoms with E-state index in [0.717, 1.165) is 70.5 Å². The fourth-order valence-electron chi connectivity index (χ4n) is 8.43. The van der Waals surface area contributed by atoms with Gasteiger partial charge in [0.1, 0.15) is 19.8 Å². The van der Waals surface area contributed by atoms with Gasteiger partial charge >= 0.3 is 17.9 Å². The molecule has 50 heavy (non-hydrogen) atoms. The fraction of sp³-hybridized carbons (Fsp3) is 0.837. The second-order valence-corrected chi connectivity index (χ2v) is 15.6. The minimum atomic E-state index is -0.359. The van der Waals surface area contributed by atoms with Crippen molar-refractivity contribution in [2.75, 3.05) is 39.5 Å². The van der Waals surface area contributed by atoms with Crippen LogP contribution in [-0.2, 0) is 28.6 Å². The third-order valence-electron chi connectivity index (χ3n) is 11.4. The standard InChI is InChI=1S/C43H73NO6/c1-3-5-6-7-8-9-10-11-12-13-14-15-16-17-18-25-41(45)48-33-37(34-49-42(46)26-22-29-44-27-19-20-28-44)35-50-43(47)32-40-38(4-2)30-36-23-21-24-39(40)31-36/h8-9,11-12,36-40H,3-7,10,13-35H2,1-2H3/b9-8-,12-11-. The molecule has 0 spiro atoms. The van der Waals surface area contributed by atoms with Crippen LogP contribution in [0.3, 0.4) is 0 Å². The molecule has 0 radical (unpaired) electrons. The van der Waals surface area contributed by atoms with Gasteiger partial charge in [-0.15, -0.1) is 0 Å². The fourth-order valence-corrected chi connectivity index (χ4v) is 8.43. The Kier molecular flexibility index (Phi) is 22.5. The molecule has 2 aliphatic carbocycles. The minimum Gasteiger partial charge on any atom is -0.465 e. The van der Waals surface area contributed by atoms with E-state index < -0.39 is 0 Å². The molecule has 0 aromatic carbocycles. The molecule has 286 valence electrons. The maximum Gasteiger partial charge on any atom is 0.306 e. The third kappa shape index (κ3) is 18.4. The smallest absolute Gasteiger partial charge is 0.306 e. The first kappa shape index (κ1) is 42.3. The van der Waals surface area contributed by atoms with Gasteiger partial charge in [0, 0.05) is 19.3 Å². The molecule has 7 heteroatoms. The Balaban J connectivity index is 1.32. The first-order valence-electron chi connectivity index (χ1n) is 21.0. The zero-order chi connectivity index (χ0) is 35.7. The molecule has 5 unspecified atom stereocenters. The molecule has 0 aromatic rings. The van der Waals surface area contributed by atoms with E-state index in [4.69, 9.17) is 14.2 Å². The van der Waals surface area contributed by atoms with Crippen LogP contribution < -0.4 is 0 Å². The lowest BCUT2D eigenvalue weighted by atomic mass is 9.60. The van der Waals surface area contributed by atoms with Crippen LogP contribution in [0.4, 0.5) is 0 Å². The maximum absolute atomic E-state index is 13.1. The van der Waals surface area contributed by atoms with Gasteiger partial charge in [-0.05, 0) is 114 Å². The first-order chi connectivity index (χ1) is 24.5. The molecule has 1 aliphatic heterocycles. The van der Waals surface area contributed by atoms with Gasteiger partial charge in [0.25, 0.3) is 0 Å². The van der Waals surface area contributed by atoms with E-state index >= 15 is 0 Å². The molecular weight excluding hydrogens is 626 g/mol. The summed E-state index contributed by atoms with van der Waals surface area (Å²) in [6, 6.07) is 0. The van der Waals surface area contributed by atoms with Crippen molar-refractivity contribution in [1.29, 1.82) is 0 Å². The summed E-state index contributed by atoms with van der Waals surface area (Å²) in [6.07, 6.45) is 33.6. The Labute approximate surface area is 305 Å². The van der Waals surface area contributed by atoms with Gasteiger partial charge in [0.05, 0.1) is 5.92 Å². The summed E-state index contributed by atoms with van der Waals surface area (Å²) in [5, 5.41) is 0. The number of hydrogen-bond acceptors (Lipinski definition) is 7. The normalized spacial score (nSPS) is 23.0. The molecule has 3 rings (SSSR count). The van der Waals surface area contributed by atoms with Crippen molar-refractivity contribution in [2.45, 2.75) is 162 Å². The predicted octanol–water partition coefficient (Wildman–Crippen LogP) is 10.2. The molecule has 1 heterocycles. The number of rotatable bonds is 27. The third-order valence-corrected chi connectivity index (χ3v) is 11.4. The molecular formula is C43H73NO6. The predicted molar refractivity (Wildman–Crippen MR) is 203 cm³/mol. The van der Waals surface area contributed by atoms with Crippen LogP contribution in [-0.4, -0.2) is 62.3 Å². The Hall–Kier alpha value is -2.15. The number of nitrogens with zero attached hydrogens (tertiary/aromatic N) is 1. The summed E-state index contributed by atoms with van der Waals surface area (Å²) in [4.78, 5) is 40.6. The number of allylic oxidation sites excluding steroid dienone is 4. The molecule has 2 saturated carbocycles. The monoisotopic (exact) mass is 700 g/mol. The minimum absolute atomic E-state index is 0.0954. The first-order valence-corrected chi connectivity index (χ1v) is 21.0. The van der Waals surface area contributed by atoms with Crippen LogP contribution >= 0.6 is 0 Å². The van der Waals surface area contributed by atoms with Gasteiger partial charge in [0.2, 0.25) is 0 Å². The number of ether oxygens (including phenoxy) is 3. The molecule has 0 aromatic heterocycles. The van der Waals surface area contributed by atoms with Crippen molar-refractivity contribution >= 4 is 17.9 Å². The molecule has 3 fully saturated rings. The average molecular weight is 700 g/mol. The van der Waals surface area contributed by atoms with Crippen molar-refractivity contribution in [3.63, 3.8) is 0 Å². The summed E-state index contributed by atoms with van der Waals surface area (Å²) < 4.78 is 17.1. The number of esters is 3. The quantitative estimate of drug-likeness (QED) is 0.0365. The van der Waals surface area contributed by atoms with Crippen LogP contribution in [0.5, 0.6) is 0 Å². The number of likely N-dealkylation sites (tertiary alicyclic amines) is 1. The zero-order valence-electron chi connectivity index (χ0n) is 32.1. The van der Waals surface area contributed by atoms with Crippen molar-refractivity contribution in [2.24, 2.45) is 29.6 Å². The van der Waals surface area contributed by atoms with Gasteiger partial charge in [0.15, 0.2) is 0 Å². The molecule has 0 amide bonds. The van der Waals surface area contributed by atoms with Crippen molar-refractivity contribution < 1.29 is 28.6 Å². The topological polar surface area (TPSA) is 82.1 Å². The number of carbonyl (C=O) groups is 3. The summed E-state index contributed by atoms with van der Waals surface area (Å²) >= 11 is 0. The largest absolute Gasteiger partial charge is 0.465 e. The number of unbranched alkanes of at least 4 members (excludes halogenated alkanes) is 8. The van der Waals surface area contributed by atoms with Gasteiger partial charge in [-0.1, -0.05) is 95.9 Å².